The molecule has 0 atom stereocenters. The molecule has 0 aliphatic rings. The first-order valence-electron chi connectivity index (χ1n) is 5.39. The fourth-order valence-electron chi connectivity index (χ4n) is 1.65. The SMILES string of the molecule is O=C(Cc1ccc(Cl)c(Cl)c1)c1ccc(F)cc1Cl. The second kappa shape index (κ2) is 5.91. The molecule has 0 amide bonds. The van der Waals surface area contributed by atoms with Gasteiger partial charge < -0.3 is 0 Å². The number of Topliss-reactive ketones (excluding diaryl/α,β-unsaturated/α-hetero) is 1. The smallest absolute Gasteiger partial charge is 0.168 e. The lowest BCUT2D eigenvalue weighted by molar-refractivity contribution is 0.0993. The average molecular weight is 318 g/mol. The topological polar surface area (TPSA) is 17.1 Å². The molecule has 2 aromatic rings. The Kier molecular flexibility index (Phi) is 4.46. The summed E-state index contributed by atoms with van der Waals surface area (Å²) in [6.45, 7) is 0. The quantitative estimate of drug-likeness (QED) is 0.710. The number of carbonyl (C=O) groups excluding carboxylic acids is 1. The summed E-state index contributed by atoms with van der Waals surface area (Å²) in [6.07, 6.45) is 0.127. The monoisotopic (exact) mass is 316 g/mol. The van der Waals surface area contributed by atoms with Crippen LogP contribution in [-0.2, 0) is 6.42 Å². The van der Waals surface area contributed by atoms with Crippen LogP contribution in [0.1, 0.15) is 15.9 Å². The molecule has 0 heterocycles. The summed E-state index contributed by atoms with van der Waals surface area (Å²) < 4.78 is 12.9. The molecule has 5 heteroatoms. The minimum absolute atomic E-state index is 0.102. The molecule has 0 radical (unpaired) electrons. The summed E-state index contributed by atoms with van der Waals surface area (Å²) in [5.41, 5.74) is 1.01. The van der Waals surface area contributed by atoms with E-state index < -0.39 is 5.82 Å². The normalized spacial score (nSPS) is 10.5. The zero-order valence-corrected chi connectivity index (χ0v) is 11.9. The highest BCUT2D eigenvalue weighted by Crippen LogP contribution is 2.24. The predicted molar refractivity (Wildman–Crippen MR) is 75.9 cm³/mol. The van der Waals surface area contributed by atoms with E-state index in [-0.39, 0.29) is 22.8 Å². The molecule has 0 N–H and O–H groups in total. The van der Waals surface area contributed by atoms with Gasteiger partial charge in [0.25, 0.3) is 0 Å². The van der Waals surface area contributed by atoms with Crippen LogP contribution >= 0.6 is 34.8 Å². The van der Waals surface area contributed by atoms with E-state index in [1.165, 1.54) is 12.1 Å². The van der Waals surface area contributed by atoms with E-state index in [4.69, 9.17) is 34.8 Å². The highest BCUT2D eigenvalue weighted by atomic mass is 35.5. The van der Waals surface area contributed by atoms with Crippen LogP contribution in [-0.4, -0.2) is 5.78 Å². The van der Waals surface area contributed by atoms with Gasteiger partial charge in [-0.1, -0.05) is 40.9 Å². The number of ketones is 1. The van der Waals surface area contributed by atoms with E-state index >= 15 is 0 Å². The largest absolute Gasteiger partial charge is 0.294 e. The van der Waals surface area contributed by atoms with Crippen LogP contribution in [0.2, 0.25) is 15.1 Å². The second-order valence-corrected chi connectivity index (χ2v) is 5.19. The number of hydrogen-bond donors (Lipinski definition) is 0. The molecule has 1 nitrogen and oxygen atoms in total. The Hall–Kier alpha value is -1.09. The first-order valence-corrected chi connectivity index (χ1v) is 6.53. The number of hydrogen-bond acceptors (Lipinski definition) is 1. The zero-order chi connectivity index (χ0) is 14.0. The van der Waals surface area contributed by atoms with Gasteiger partial charge >= 0.3 is 0 Å². The van der Waals surface area contributed by atoms with E-state index in [2.05, 4.69) is 0 Å². The Morgan fingerprint density at radius 1 is 0.947 bits per heavy atom. The maximum Gasteiger partial charge on any atom is 0.168 e. The van der Waals surface area contributed by atoms with Gasteiger partial charge in [-0.3, -0.25) is 4.79 Å². The van der Waals surface area contributed by atoms with Crippen molar-refractivity contribution in [2.24, 2.45) is 0 Å². The molecular formula is C14H8Cl3FO. The fraction of sp³-hybridized carbons (Fsp3) is 0.0714. The van der Waals surface area contributed by atoms with Gasteiger partial charge in [-0.25, -0.2) is 4.39 Å². The third-order valence-electron chi connectivity index (χ3n) is 2.58. The molecule has 19 heavy (non-hydrogen) atoms. The molecule has 0 bridgehead atoms. The number of benzene rings is 2. The predicted octanol–water partition coefficient (Wildman–Crippen LogP) is 5.21. The molecule has 0 fully saturated rings. The van der Waals surface area contributed by atoms with Crippen molar-refractivity contribution in [3.8, 4) is 0 Å². The maximum absolute atomic E-state index is 12.9. The van der Waals surface area contributed by atoms with Crippen LogP contribution in [0.4, 0.5) is 4.39 Å². The van der Waals surface area contributed by atoms with Crippen molar-refractivity contribution in [3.05, 3.63) is 68.4 Å². The first kappa shape index (κ1) is 14.3. The van der Waals surface area contributed by atoms with Crippen LogP contribution < -0.4 is 0 Å². The summed E-state index contributed by atoms with van der Waals surface area (Å²) in [5, 5.41) is 0.917. The molecule has 0 aliphatic carbocycles. The number of carbonyl (C=O) groups is 1. The molecular weight excluding hydrogens is 310 g/mol. The third kappa shape index (κ3) is 3.47. The van der Waals surface area contributed by atoms with Crippen LogP contribution in [0.15, 0.2) is 36.4 Å². The lowest BCUT2D eigenvalue weighted by Gasteiger charge is -2.05. The second-order valence-electron chi connectivity index (χ2n) is 3.97. The number of rotatable bonds is 3. The molecule has 98 valence electrons. The minimum Gasteiger partial charge on any atom is -0.294 e. The highest BCUT2D eigenvalue weighted by Gasteiger charge is 2.12. The first-order chi connectivity index (χ1) is 8.97. The third-order valence-corrected chi connectivity index (χ3v) is 3.63. The van der Waals surface area contributed by atoms with Gasteiger partial charge in [-0.15, -0.1) is 0 Å². The van der Waals surface area contributed by atoms with Gasteiger partial charge in [-0.05, 0) is 35.9 Å². The lowest BCUT2D eigenvalue weighted by Crippen LogP contribution is -2.04. The van der Waals surface area contributed by atoms with Crippen molar-refractivity contribution in [2.75, 3.05) is 0 Å². The average Bonchev–Trinajstić information content (AvgIpc) is 2.33. The summed E-state index contributed by atoms with van der Waals surface area (Å²) in [5.74, 6) is -0.681. The molecule has 0 unspecified atom stereocenters. The van der Waals surface area contributed by atoms with Crippen LogP contribution in [0.25, 0.3) is 0 Å². The van der Waals surface area contributed by atoms with E-state index in [0.29, 0.717) is 10.0 Å². The van der Waals surface area contributed by atoms with Crippen molar-refractivity contribution in [3.63, 3.8) is 0 Å². The van der Waals surface area contributed by atoms with Crippen molar-refractivity contribution in [1.82, 2.24) is 0 Å². The molecule has 0 aliphatic heterocycles. The Bertz CT molecular complexity index is 641. The Balaban J connectivity index is 2.23. The van der Waals surface area contributed by atoms with Crippen molar-refractivity contribution in [1.29, 1.82) is 0 Å². The van der Waals surface area contributed by atoms with Gasteiger partial charge in [0.15, 0.2) is 5.78 Å². The maximum atomic E-state index is 12.9. The summed E-state index contributed by atoms with van der Waals surface area (Å²) in [7, 11) is 0. The van der Waals surface area contributed by atoms with Gasteiger partial charge in [0, 0.05) is 12.0 Å². The van der Waals surface area contributed by atoms with E-state index in [1.807, 2.05) is 0 Å². The molecule has 2 rings (SSSR count). The molecule has 0 aromatic heterocycles. The Morgan fingerprint density at radius 2 is 1.68 bits per heavy atom. The standard InChI is InChI=1S/C14H8Cl3FO/c15-11-4-1-8(5-13(11)17)6-14(19)10-3-2-9(18)7-12(10)16/h1-5,7H,6H2. The van der Waals surface area contributed by atoms with E-state index in [0.717, 1.165) is 11.6 Å². The molecule has 2 aromatic carbocycles. The minimum atomic E-state index is -0.476. The van der Waals surface area contributed by atoms with Crippen molar-refractivity contribution in [2.45, 2.75) is 6.42 Å². The van der Waals surface area contributed by atoms with E-state index in [1.54, 1.807) is 18.2 Å². The lowest BCUT2D eigenvalue weighted by atomic mass is 10.0. The van der Waals surface area contributed by atoms with Gasteiger partial charge in [0.2, 0.25) is 0 Å². The van der Waals surface area contributed by atoms with Crippen molar-refractivity contribution < 1.29 is 9.18 Å². The van der Waals surface area contributed by atoms with Gasteiger partial charge in [0.1, 0.15) is 5.82 Å². The summed E-state index contributed by atoms with van der Waals surface area (Å²) in [6, 6.07) is 8.65. The summed E-state index contributed by atoms with van der Waals surface area (Å²) in [4.78, 5) is 12.1. The Morgan fingerprint density at radius 3 is 2.32 bits per heavy atom. The molecule has 0 spiro atoms. The zero-order valence-electron chi connectivity index (χ0n) is 9.59. The van der Waals surface area contributed by atoms with E-state index in [9.17, 15) is 9.18 Å². The van der Waals surface area contributed by atoms with Crippen LogP contribution in [0.5, 0.6) is 0 Å². The summed E-state index contributed by atoms with van der Waals surface area (Å²) >= 11 is 17.5. The molecule has 0 saturated heterocycles. The number of halogens is 4. The fourth-order valence-corrected chi connectivity index (χ4v) is 2.24. The van der Waals surface area contributed by atoms with Crippen molar-refractivity contribution >= 4 is 40.6 Å². The van der Waals surface area contributed by atoms with Crippen LogP contribution in [0.3, 0.4) is 0 Å². The molecule has 0 saturated carbocycles. The van der Waals surface area contributed by atoms with Gasteiger partial charge in [-0.2, -0.15) is 0 Å². The highest BCUT2D eigenvalue weighted by molar-refractivity contribution is 6.42. The van der Waals surface area contributed by atoms with Crippen LogP contribution in [0, 0.1) is 5.82 Å². The Labute approximate surface area is 124 Å². The van der Waals surface area contributed by atoms with Gasteiger partial charge in [0.05, 0.1) is 15.1 Å².